The van der Waals surface area contributed by atoms with Crippen molar-refractivity contribution in [2.24, 2.45) is 5.92 Å². The Hall–Kier alpha value is -1.85. The van der Waals surface area contributed by atoms with Crippen LogP contribution in [0.5, 0.6) is 0 Å². The van der Waals surface area contributed by atoms with E-state index >= 15 is 0 Å². The van der Waals surface area contributed by atoms with Crippen LogP contribution in [0.25, 0.3) is 0 Å². The third-order valence-corrected chi connectivity index (χ3v) is 4.84. The lowest BCUT2D eigenvalue weighted by Gasteiger charge is -2.32. The first kappa shape index (κ1) is 16.0. The van der Waals surface area contributed by atoms with E-state index in [1.165, 1.54) is 12.8 Å². The Labute approximate surface area is 138 Å². The molecule has 2 aliphatic heterocycles. The molecule has 2 fully saturated rings. The molecule has 0 spiro atoms. The number of hydrogen-bond donors (Lipinski definition) is 0. The SMILES string of the molecule is CC1CCCN(c2cc(N(C)CC(=O)N3CCCC3)ncn2)C1. The van der Waals surface area contributed by atoms with Crippen molar-refractivity contribution in [2.75, 3.05) is 49.6 Å². The summed E-state index contributed by atoms with van der Waals surface area (Å²) in [7, 11) is 1.93. The van der Waals surface area contributed by atoms with E-state index < -0.39 is 0 Å². The number of hydrogen-bond acceptors (Lipinski definition) is 5. The minimum absolute atomic E-state index is 0.191. The molecule has 3 heterocycles. The highest BCUT2D eigenvalue weighted by atomic mass is 16.2. The third kappa shape index (κ3) is 3.92. The van der Waals surface area contributed by atoms with Gasteiger partial charge in [0.2, 0.25) is 5.91 Å². The van der Waals surface area contributed by atoms with E-state index in [9.17, 15) is 4.79 Å². The van der Waals surface area contributed by atoms with Crippen LogP contribution < -0.4 is 9.80 Å². The lowest BCUT2D eigenvalue weighted by atomic mass is 10.0. The molecular formula is C17H27N5O. The van der Waals surface area contributed by atoms with Crippen molar-refractivity contribution in [2.45, 2.75) is 32.6 Å². The number of piperidine rings is 1. The van der Waals surface area contributed by atoms with Crippen LogP contribution in [-0.4, -0.2) is 60.5 Å². The minimum atomic E-state index is 0.191. The fourth-order valence-corrected chi connectivity index (χ4v) is 3.47. The van der Waals surface area contributed by atoms with Crippen molar-refractivity contribution in [3.63, 3.8) is 0 Å². The lowest BCUT2D eigenvalue weighted by molar-refractivity contribution is -0.128. The van der Waals surface area contributed by atoms with Gasteiger partial charge >= 0.3 is 0 Å². The standard InChI is InChI=1S/C17H27N5O/c1-14-6-5-9-22(11-14)16-10-15(18-13-19-16)20(2)12-17(23)21-7-3-4-8-21/h10,13-14H,3-9,11-12H2,1-2H3. The van der Waals surface area contributed by atoms with E-state index in [2.05, 4.69) is 21.8 Å². The molecule has 1 aromatic rings. The zero-order valence-electron chi connectivity index (χ0n) is 14.2. The quantitative estimate of drug-likeness (QED) is 0.847. The van der Waals surface area contributed by atoms with Gasteiger partial charge in [-0.2, -0.15) is 0 Å². The Balaban J connectivity index is 1.65. The van der Waals surface area contributed by atoms with Gasteiger partial charge in [0, 0.05) is 39.3 Å². The van der Waals surface area contributed by atoms with Gasteiger partial charge in [-0.1, -0.05) is 6.92 Å². The number of nitrogens with zero attached hydrogens (tertiary/aromatic N) is 5. The molecule has 0 bridgehead atoms. The second kappa shape index (κ2) is 7.15. The topological polar surface area (TPSA) is 52.6 Å². The zero-order valence-corrected chi connectivity index (χ0v) is 14.2. The number of likely N-dealkylation sites (tertiary alicyclic amines) is 1. The highest BCUT2D eigenvalue weighted by molar-refractivity contribution is 5.81. The summed E-state index contributed by atoms with van der Waals surface area (Å²) in [6.07, 6.45) is 6.36. The summed E-state index contributed by atoms with van der Waals surface area (Å²) in [5.41, 5.74) is 0. The molecule has 0 radical (unpaired) electrons. The average molecular weight is 317 g/mol. The second-order valence-electron chi connectivity index (χ2n) is 6.87. The molecule has 1 atom stereocenters. The highest BCUT2D eigenvalue weighted by Crippen LogP contribution is 2.23. The third-order valence-electron chi connectivity index (χ3n) is 4.84. The van der Waals surface area contributed by atoms with Gasteiger partial charge in [-0.15, -0.1) is 0 Å². The van der Waals surface area contributed by atoms with Crippen LogP contribution in [0, 0.1) is 5.92 Å². The van der Waals surface area contributed by atoms with Crippen LogP contribution in [0.15, 0.2) is 12.4 Å². The van der Waals surface area contributed by atoms with Crippen LogP contribution in [0.4, 0.5) is 11.6 Å². The van der Waals surface area contributed by atoms with Gasteiger partial charge < -0.3 is 14.7 Å². The summed E-state index contributed by atoms with van der Waals surface area (Å²) in [6.45, 7) is 6.56. The molecular weight excluding hydrogens is 290 g/mol. The number of amides is 1. The second-order valence-corrected chi connectivity index (χ2v) is 6.87. The van der Waals surface area contributed by atoms with Crippen molar-refractivity contribution >= 4 is 17.5 Å². The van der Waals surface area contributed by atoms with Crippen LogP contribution in [0.2, 0.25) is 0 Å². The average Bonchev–Trinajstić information content (AvgIpc) is 3.09. The number of likely N-dealkylation sites (N-methyl/N-ethyl adjacent to an activating group) is 1. The minimum Gasteiger partial charge on any atom is -0.356 e. The molecule has 1 aromatic heterocycles. The summed E-state index contributed by atoms with van der Waals surface area (Å²) in [5.74, 6) is 2.69. The van der Waals surface area contributed by atoms with Gasteiger partial charge in [-0.25, -0.2) is 9.97 Å². The first-order chi connectivity index (χ1) is 11.1. The molecule has 2 saturated heterocycles. The normalized spacial score (nSPS) is 21.6. The predicted octanol–water partition coefficient (Wildman–Crippen LogP) is 1.77. The van der Waals surface area contributed by atoms with Gasteiger partial charge in [0.25, 0.3) is 0 Å². The Morgan fingerprint density at radius 3 is 2.78 bits per heavy atom. The maximum absolute atomic E-state index is 12.3. The van der Waals surface area contributed by atoms with Crippen molar-refractivity contribution in [3.8, 4) is 0 Å². The Bertz CT molecular complexity index is 544. The molecule has 6 nitrogen and oxygen atoms in total. The van der Waals surface area contributed by atoms with Crippen LogP contribution in [0.1, 0.15) is 32.6 Å². The molecule has 1 unspecified atom stereocenters. The van der Waals surface area contributed by atoms with Gasteiger partial charge in [0.05, 0.1) is 6.54 Å². The van der Waals surface area contributed by atoms with E-state index in [0.29, 0.717) is 12.5 Å². The number of carbonyl (C=O) groups is 1. The van der Waals surface area contributed by atoms with E-state index in [0.717, 1.165) is 50.7 Å². The molecule has 3 rings (SSSR count). The largest absolute Gasteiger partial charge is 0.356 e. The molecule has 0 N–H and O–H groups in total. The highest BCUT2D eigenvalue weighted by Gasteiger charge is 2.21. The summed E-state index contributed by atoms with van der Waals surface area (Å²) < 4.78 is 0. The molecule has 2 aliphatic rings. The molecule has 6 heteroatoms. The van der Waals surface area contributed by atoms with E-state index in [4.69, 9.17) is 0 Å². The lowest BCUT2D eigenvalue weighted by Crippen LogP contribution is -2.38. The number of anilines is 2. The summed E-state index contributed by atoms with van der Waals surface area (Å²) in [5, 5.41) is 0. The first-order valence-electron chi connectivity index (χ1n) is 8.69. The Morgan fingerprint density at radius 2 is 2.04 bits per heavy atom. The van der Waals surface area contributed by atoms with Crippen LogP contribution >= 0.6 is 0 Å². The maximum atomic E-state index is 12.3. The number of rotatable bonds is 4. The van der Waals surface area contributed by atoms with Gasteiger partial charge in [-0.05, 0) is 31.6 Å². The van der Waals surface area contributed by atoms with Crippen LogP contribution in [-0.2, 0) is 4.79 Å². The van der Waals surface area contributed by atoms with E-state index in [-0.39, 0.29) is 5.91 Å². The van der Waals surface area contributed by atoms with Crippen molar-refractivity contribution in [1.82, 2.24) is 14.9 Å². The molecule has 0 saturated carbocycles. The molecule has 23 heavy (non-hydrogen) atoms. The van der Waals surface area contributed by atoms with Crippen molar-refractivity contribution in [1.29, 1.82) is 0 Å². The maximum Gasteiger partial charge on any atom is 0.242 e. The van der Waals surface area contributed by atoms with Crippen molar-refractivity contribution < 1.29 is 4.79 Å². The monoisotopic (exact) mass is 317 g/mol. The first-order valence-corrected chi connectivity index (χ1v) is 8.69. The van der Waals surface area contributed by atoms with E-state index in [1.54, 1.807) is 6.33 Å². The van der Waals surface area contributed by atoms with Crippen LogP contribution in [0.3, 0.4) is 0 Å². The summed E-state index contributed by atoms with van der Waals surface area (Å²) in [6, 6.07) is 2.01. The predicted molar refractivity (Wildman–Crippen MR) is 91.7 cm³/mol. The zero-order chi connectivity index (χ0) is 16.2. The van der Waals surface area contributed by atoms with Gasteiger partial charge in [-0.3, -0.25) is 4.79 Å². The Morgan fingerprint density at radius 1 is 1.26 bits per heavy atom. The smallest absolute Gasteiger partial charge is 0.242 e. The van der Waals surface area contributed by atoms with E-state index in [1.807, 2.05) is 22.9 Å². The number of aromatic nitrogens is 2. The fourth-order valence-electron chi connectivity index (χ4n) is 3.47. The number of carbonyl (C=O) groups excluding carboxylic acids is 1. The Kier molecular flexibility index (Phi) is 4.98. The summed E-state index contributed by atoms with van der Waals surface area (Å²) in [4.78, 5) is 27.3. The fraction of sp³-hybridized carbons (Fsp3) is 0.706. The molecule has 0 aliphatic carbocycles. The molecule has 0 aromatic carbocycles. The summed E-state index contributed by atoms with van der Waals surface area (Å²) >= 11 is 0. The molecule has 126 valence electrons. The van der Waals surface area contributed by atoms with Gasteiger partial charge in [0.1, 0.15) is 18.0 Å². The molecule has 1 amide bonds. The van der Waals surface area contributed by atoms with Gasteiger partial charge in [0.15, 0.2) is 0 Å². The van der Waals surface area contributed by atoms with Crippen molar-refractivity contribution in [3.05, 3.63) is 12.4 Å².